The molecular weight excluding hydrogens is 300 g/mol. The van der Waals surface area contributed by atoms with E-state index in [1.807, 2.05) is 6.92 Å². The molecular formula is C21H36O3. The first-order valence-electron chi connectivity index (χ1n) is 10.1. The molecule has 0 aliphatic carbocycles. The monoisotopic (exact) mass is 336 g/mol. The van der Waals surface area contributed by atoms with Crippen LogP contribution in [0.15, 0.2) is 11.6 Å². The Balaban J connectivity index is 1.91. The van der Waals surface area contributed by atoms with Crippen LogP contribution in [0.2, 0.25) is 0 Å². The Hall–Kier alpha value is -1.12. The van der Waals surface area contributed by atoms with E-state index < -0.39 is 0 Å². The number of ether oxygens (including phenoxy) is 1. The highest BCUT2D eigenvalue weighted by atomic mass is 16.6. The Morgan fingerprint density at radius 3 is 1.88 bits per heavy atom. The maximum absolute atomic E-state index is 11.5. The number of hydrogen-bond acceptors (Lipinski definition) is 3. The fourth-order valence-corrected chi connectivity index (χ4v) is 3.28. The quantitative estimate of drug-likeness (QED) is 0.166. The van der Waals surface area contributed by atoms with Crippen molar-refractivity contribution in [2.75, 3.05) is 0 Å². The van der Waals surface area contributed by atoms with Crippen LogP contribution in [0.25, 0.3) is 0 Å². The molecule has 0 spiro atoms. The predicted molar refractivity (Wildman–Crippen MR) is 98.7 cm³/mol. The molecule has 0 radical (unpaired) electrons. The maximum Gasteiger partial charge on any atom is 0.321 e. The zero-order valence-electron chi connectivity index (χ0n) is 15.8. The summed E-state index contributed by atoms with van der Waals surface area (Å²) in [5.41, 5.74) is 0.994. The van der Waals surface area contributed by atoms with E-state index in [-0.39, 0.29) is 24.3 Å². The number of carbonyl (C=O) groups is 2. The van der Waals surface area contributed by atoms with Crippen LogP contribution in [0.1, 0.15) is 104 Å². The van der Waals surface area contributed by atoms with Gasteiger partial charge in [-0.3, -0.25) is 9.59 Å². The minimum absolute atomic E-state index is 0.222. The molecule has 138 valence electrons. The smallest absolute Gasteiger partial charge is 0.321 e. The van der Waals surface area contributed by atoms with E-state index in [9.17, 15) is 9.59 Å². The summed E-state index contributed by atoms with van der Waals surface area (Å²) >= 11 is 0. The van der Waals surface area contributed by atoms with Gasteiger partial charge in [-0.05, 0) is 19.8 Å². The van der Waals surface area contributed by atoms with Crippen LogP contribution in [0.4, 0.5) is 0 Å². The highest BCUT2D eigenvalue weighted by molar-refractivity contribution is 5.96. The lowest BCUT2D eigenvalue weighted by molar-refractivity contribution is -0.152. The second-order valence-corrected chi connectivity index (χ2v) is 7.18. The van der Waals surface area contributed by atoms with E-state index in [0.29, 0.717) is 0 Å². The molecule has 1 unspecified atom stereocenters. The van der Waals surface area contributed by atoms with Gasteiger partial charge in [-0.25, -0.2) is 0 Å². The highest BCUT2D eigenvalue weighted by Gasteiger charge is 2.34. The minimum Gasteiger partial charge on any atom is -0.393 e. The van der Waals surface area contributed by atoms with Gasteiger partial charge in [0.1, 0.15) is 0 Å². The molecule has 0 aromatic rings. The Kier molecular flexibility index (Phi) is 11.5. The van der Waals surface area contributed by atoms with Crippen molar-refractivity contribution in [1.29, 1.82) is 0 Å². The Morgan fingerprint density at radius 1 is 0.917 bits per heavy atom. The van der Waals surface area contributed by atoms with Crippen molar-refractivity contribution in [2.45, 2.75) is 104 Å². The Morgan fingerprint density at radius 2 is 1.42 bits per heavy atom. The van der Waals surface area contributed by atoms with Gasteiger partial charge in [0.05, 0.1) is 12.3 Å². The van der Waals surface area contributed by atoms with Crippen LogP contribution < -0.4 is 0 Å². The first-order valence-corrected chi connectivity index (χ1v) is 10.1. The average Bonchev–Trinajstić information content (AvgIpc) is 2.90. The van der Waals surface area contributed by atoms with E-state index in [0.717, 1.165) is 12.0 Å². The summed E-state index contributed by atoms with van der Waals surface area (Å²) in [6.07, 6.45) is 19.6. The number of carbonyl (C=O) groups excluding carboxylic acids is 2. The standard InChI is InChI=1S/C21H36O3/c1-3-4-5-6-7-8-9-10-11-12-13-14-15-16-18(2)19-17-20(22)24-21(19)23/h16,19H,3-15,17H2,1-2H3. The van der Waals surface area contributed by atoms with Crippen molar-refractivity contribution >= 4 is 11.9 Å². The number of esters is 2. The first kappa shape index (κ1) is 20.9. The molecule has 0 bridgehead atoms. The van der Waals surface area contributed by atoms with Crippen LogP contribution in [0, 0.1) is 5.92 Å². The third-order valence-electron chi connectivity index (χ3n) is 4.94. The van der Waals surface area contributed by atoms with Gasteiger partial charge in [0.2, 0.25) is 0 Å². The summed E-state index contributed by atoms with van der Waals surface area (Å²) in [4.78, 5) is 22.6. The molecule has 3 nitrogen and oxygen atoms in total. The van der Waals surface area contributed by atoms with Gasteiger partial charge < -0.3 is 4.74 Å². The fourth-order valence-electron chi connectivity index (χ4n) is 3.28. The maximum atomic E-state index is 11.5. The van der Waals surface area contributed by atoms with Crippen LogP contribution in [-0.4, -0.2) is 11.9 Å². The molecule has 1 aliphatic heterocycles. The van der Waals surface area contributed by atoms with Gasteiger partial charge >= 0.3 is 11.9 Å². The van der Waals surface area contributed by atoms with E-state index in [1.54, 1.807) is 0 Å². The summed E-state index contributed by atoms with van der Waals surface area (Å²) in [7, 11) is 0. The van der Waals surface area contributed by atoms with Crippen LogP contribution in [-0.2, 0) is 14.3 Å². The molecule has 1 atom stereocenters. The lowest BCUT2D eigenvalue weighted by atomic mass is 9.97. The van der Waals surface area contributed by atoms with Crippen molar-refractivity contribution in [3.63, 3.8) is 0 Å². The molecule has 0 saturated carbocycles. The molecule has 1 rings (SSSR count). The van der Waals surface area contributed by atoms with Gasteiger partial charge in [0, 0.05) is 0 Å². The largest absolute Gasteiger partial charge is 0.393 e. The van der Waals surface area contributed by atoms with Crippen LogP contribution in [0.3, 0.4) is 0 Å². The zero-order chi connectivity index (χ0) is 17.6. The summed E-state index contributed by atoms with van der Waals surface area (Å²) in [6.45, 7) is 4.20. The second-order valence-electron chi connectivity index (χ2n) is 7.18. The lowest BCUT2D eigenvalue weighted by Gasteiger charge is -2.05. The van der Waals surface area contributed by atoms with Crippen LogP contribution >= 0.6 is 0 Å². The first-order chi connectivity index (χ1) is 11.6. The van der Waals surface area contributed by atoms with Crippen molar-refractivity contribution < 1.29 is 14.3 Å². The lowest BCUT2D eigenvalue weighted by Crippen LogP contribution is -2.08. The van der Waals surface area contributed by atoms with Gasteiger partial charge in [0.15, 0.2) is 0 Å². The molecule has 24 heavy (non-hydrogen) atoms. The van der Waals surface area contributed by atoms with Crippen molar-refractivity contribution in [3.05, 3.63) is 11.6 Å². The van der Waals surface area contributed by atoms with E-state index in [4.69, 9.17) is 0 Å². The zero-order valence-corrected chi connectivity index (χ0v) is 15.8. The predicted octanol–water partition coefficient (Wildman–Crippen LogP) is 6.11. The van der Waals surface area contributed by atoms with Crippen molar-refractivity contribution in [2.24, 2.45) is 5.92 Å². The summed E-state index contributed by atoms with van der Waals surface area (Å²) in [6, 6.07) is 0. The third kappa shape index (κ3) is 9.24. The summed E-state index contributed by atoms with van der Waals surface area (Å²) < 4.78 is 4.60. The molecule has 0 aromatic carbocycles. The number of unbranched alkanes of at least 4 members (excludes halogenated alkanes) is 12. The van der Waals surface area contributed by atoms with Gasteiger partial charge in [-0.1, -0.05) is 89.2 Å². The Bertz CT molecular complexity index is 398. The van der Waals surface area contributed by atoms with Gasteiger partial charge in [-0.15, -0.1) is 0 Å². The Labute approximate surface area is 148 Å². The molecule has 1 saturated heterocycles. The molecule has 0 aromatic heterocycles. The number of rotatable bonds is 14. The molecule has 1 heterocycles. The summed E-state index contributed by atoms with van der Waals surface area (Å²) in [5, 5.41) is 0. The highest BCUT2D eigenvalue weighted by Crippen LogP contribution is 2.24. The van der Waals surface area contributed by atoms with E-state index in [1.165, 1.54) is 77.0 Å². The topological polar surface area (TPSA) is 43.4 Å². The molecule has 3 heteroatoms. The van der Waals surface area contributed by atoms with Crippen LogP contribution in [0.5, 0.6) is 0 Å². The average molecular weight is 337 g/mol. The van der Waals surface area contributed by atoms with Gasteiger partial charge in [-0.2, -0.15) is 0 Å². The van der Waals surface area contributed by atoms with E-state index in [2.05, 4.69) is 17.7 Å². The second kappa shape index (κ2) is 13.2. The number of allylic oxidation sites excluding steroid dienone is 1. The van der Waals surface area contributed by atoms with Crippen molar-refractivity contribution in [3.8, 4) is 0 Å². The number of hydrogen-bond donors (Lipinski definition) is 0. The summed E-state index contributed by atoms with van der Waals surface area (Å²) in [5.74, 6) is -1.08. The van der Waals surface area contributed by atoms with Gasteiger partial charge in [0.25, 0.3) is 0 Å². The number of cyclic esters (lactones) is 2. The van der Waals surface area contributed by atoms with Crippen molar-refractivity contribution in [1.82, 2.24) is 0 Å². The van der Waals surface area contributed by atoms with E-state index >= 15 is 0 Å². The molecule has 0 N–H and O–H groups in total. The normalized spacial score (nSPS) is 18.2. The SMILES string of the molecule is CCCCCCCCCCCCCCC=C(C)C1CC(=O)OC1=O. The fraction of sp³-hybridized carbons (Fsp3) is 0.810. The molecule has 1 fully saturated rings. The molecule has 0 amide bonds. The minimum atomic E-state index is -0.386. The third-order valence-corrected chi connectivity index (χ3v) is 4.94. The molecule has 1 aliphatic rings.